The first-order chi connectivity index (χ1) is 21.0. The smallest absolute Gasteiger partial charge is 0.338 e. The van der Waals surface area contributed by atoms with E-state index in [2.05, 4.69) is 10.2 Å². The number of aryl methyl sites for hydroxylation is 1. The van der Waals surface area contributed by atoms with E-state index in [4.69, 9.17) is 4.98 Å². The van der Waals surface area contributed by atoms with Gasteiger partial charge in [-0.05, 0) is 86.3 Å². The van der Waals surface area contributed by atoms with Gasteiger partial charge in [-0.1, -0.05) is 12.1 Å². The molecular weight excluding hydrogens is 573 g/mol. The van der Waals surface area contributed by atoms with Crippen LogP contribution in [0.1, 0.15) is 56.1 Å². The molecule has 4 heterocycles. The molecule has 2 atom stereocenters. The van der Waals surface area contributed by atoms with Gasteiger partial charge >= 0.3 is 11.9 Å². The summed E-state index contributed by atoms with van der Waals surface area (Å²) in [6, 6.07) is 5.21. The molecule has 6 aliphatic rings. The van der Waals surface area contributed by atoms with Gasteiger partial charge in [0.15, 0.2) is 16.9 Å². The topological polar surface area (TPSA) is 94.2 Å². The van der Waals surface area contributed by atoms with Gasteiger partial charge in [0.2, 0.25) is 5.95 Å². The number of alkyl halides is 3. The van der Waals surface area contributed by atoms with Crippen molar-refractivity contribution in [3.05, 3.63) is 56.2 Å². The fourth-order valence-corrected chi connectivity index (χ4v) is 9.76. The Morgan fingerprint density at radius 1 is 1.05 bits per heavy atom. The lowest BCUT2D eigenvalue weighted by atomic mass is 9.48. The Balaban J connectivity index is 1.24. The summed E-state index contributed by atoms with van der Waals surface area (Å²) >= 11 is 0. The lowest BCUT2D eigenvalue weighted by Crippen LogP contribution is -2.52. The third kappa shape index (κ3) is 4.30. The van der Waals surface area contributed by atoms with Crippen LogP contribution in [-0.2, 0) is 31.1 Å². The van der Waals surface area contributed by atoms with Crippen LogP contribution in [0.5, 0.6) is 0 Å². The number of hydrogen-bond acceptors (Lipinski definition) is 6. The molecule has 4 aliphatic carbocycles. The minimum absolute atomic E-state index is 0.0343. The molecule has 4 bridgehead atoms. The van der Waals surface area contributed by atoms with Crippen LogP contribution in [0.25, 0.3) is 11.2 Å². The summed E-state index contributed by atoms with van der Waals surface area (Å²) < 4.78 is 44.9. The van der Waals surface area contributed by atoms with Crippen LogP contribution in [-0.4, -0.2) is 50.1 Å². The molecule has 0 radical (unpaired) electrons. The lowest BCUT2D eigenvalue weighted by Gasteiger charge is -2.56. The van der Waals surface area contributed by atoms with E-state index in [9.17, 15) is 27.6 Å². The summed E-state index contributed by atoms with van der Waals surface area (Å²) in [6.45, 7) is 1.96. The number of nitrogens with zero attached hydrogens (tertiary/aromatic N) is 5. The van der Waals surface area contributed by atoms with E-state index in [-0.39, 0.29) is 36.1 Å². The normalized spacial score (nSPS) is 30.9. The molecule has 2 aromatic heterocycles. The zero-order chi connectivity index (χ0) is 30.5. The molecule has 0 spiro atoms. The summed E-state index contributed by atoms with van der Waals surface area (Å²) in [5.41, 5.74) is -1.79. The van der Waals surface area contributed by atoms with E-state index in [1.807, 2.05) is 0 Å². The number of Topliss-reactive ketones (excluding diaryl/α,β-unsaturated/α-hetero) is 1. The summed E-state index contributed by atoms with van der Waals surface area (Å²) in [5, 5.41) is 3.41. The number of rotatable bonds is 6. The molecule has 1 N–H and O–H groups in total. The number of aromatic nitrogens is 4. The predicted molar refractivity (Wildman–Crippen MR) is 158 cm³/mol. The Morgan fingerprint density at radius 3 is 2.43 bits per heavy atom. The van der Waals surface area contributed by atoms with E-state index in [0.717, 1.165) is 55.5 Å². The summed E-state index contributed by atoms with van der Waals surface area (Å²) in [6.07, 6.45) is 2.42. The van der Waals surface area contributed by atoms with Crippen molar-refractivity contribution >= 4 is 22.9 Å². The minimum Gasteiger partial charge on any atom is -0.338 e. The molecule has 2 unspecified atom stereocenters. The molecule has 2 saturated heterocycles. The van der Waals surface area contributed by atoms with E-state index in [1.165, 1.54) is 29.9 Å². The van der Waals surface area contributed by atoms with Crippen molar-refractivity contribution in [3.63, 3.8) is 0 Å². The van der Waals surface area contributed by atoms with Crippen molar-refractivity contribution in [2.24, 2.45) is 36.1 Å². The quantitative estimate of drug-likeness (QED) is 0.459. The van der Waals surface area contributed by atoms with E-state index in [0.29, 0.717) is 41.7 Å². The first kappa shape index (κ1) is 28.1. The molecule has 2 aliphatic heterocycles. The van der Waals surface area contributed by atoms with Crippen LogP contribution in [0.4, 0.5) is 19.1 Å². The second kappa shape index (κ2) is 9.79. The Bertz CT molecular complexity index is 1750. The zero-order valence-corrected chi connectivity index (χ0v) is 24.8. The maximum atomic E-state index is 14.3. The van der Waals surface area contributed by atoms with Crippen molar-refractivity contribution in [2.75, 3.05) is 24.5 Å². The molecule has 1 aromatic carbocycles. The molecule has 9 rings (SSSR count). The van der Waals surface area contributed by atoms with Crippen LogP contribution >= 0.6 is 0 Å². The number of nitrogens with one attached hydrogen (secondary N) is 1. The first-order valence-electron chi connectivity index (χ1n) is 15.9. The summed E-state index contributed by atoms with van der Waals surface area (Å²) in [4.78, 5) is 48.9. The second-order valence-corrected chi connectivity index (χ2v) is 14.2. The molecule has 12 heteroatoms. The monoisotopic (exact) mass is 610 g/mol. The van der Waals surface area contributed by atoms with E-state index < -0.39 is 28.4 Å². The highest BCUT2D eigenvalue weighted by molar-refractivity contribution is 5.85. The number of hydrogen-bond donors (Lipinski definition) is 1. The molecule has 6 fully saturated rings. The number of halogens is 3. The van der Waals surface area contributed by atoms with Gasteiger partial charge < -0.3 is 10.2 Å². The van der Waals surface area contributed by atoms with Crippen molar-refractivity contribution in [1.82, 2.24) is 24.0 Å². The molecule has 0 amide bonds. The molecule has 234 valence electrons. The Labute approximate surface area is 252 Å². The van der Waals surface area contributed by atoms with Crippen molar-refractivity contribution in [1.29, 1.82) is 0 Å². The summed E-state index contributed by atoms with van der Waals surface area (Å²) in [5.74, 6) is 2.44. The van der Waals surface area contributed by atoms with Gasteiger partial charge in [-0.15, -0.1) is 0 Å². The number of fused-ring (bicyclic) bond motifs is 2. The third-order valence-electron chi connectivity index (χ3n) is 11.4. The highest BCUT2D eigenvalue weighted by Crippen LogP contribution is 2.60. The molecule has 9 nitrogen and oxygen atoms in total. The van der Waals surface area contributed by atoms with E-state index >= 15 is 0 Å². The second-order valence-electron chi connectivity index (χ2n) is 14.2. The summed E-state index contributed by atoms with van der Waals surface area (Å²) in [7, 11) is 1.55. The predicted octanol–water partition coefficient (Wildman–Crippen LogP) is 3.55. The fourth-order valence-electron chi connectivity index (χ4n) is 9.76. The van der Waals surface area contributed by atoms with Crippen LogP contribution in [0.15, 0.2) is 33.9 Å². The van der Waals surface area contributed by atoms with Crippen LogP contribution < -0.4 is 21.5 Å². The highest BCUT2D eigenvalue weighted by atomic mass is 19.4. The molecule has 3 aromatic rings. The zero-order valence-electron chi connectivity index (χ0n) is 24.8. The molecular formula is C32H37F3N6O3. The van der Waals surface area contributed by atoms with Gasteiger partial charge in [-0.2, -0.15) is 18.2 Å². The highest BCUT2D eigenvalue weighted by Gasteiger charge is 2.54. The number of ketones is 1. The number of carbonyl (C=O) groups excluding carboxylic acids is 1. The van der Waals surface area contributed by atoms with Gasteiger partial charge in [-0.3, -0.25) is 23.3 Å². The number of carbonyl (C=O) groups is 1. The van der Waals surface area contributed by atoms with Gasteiger partial charge in [-0.25, -0.2) is 4.79 Å². The molecule has 44 heavy (non-hydrogen) atoms. The van der Waals surface area contributed by atoms with Crippen molar-refractivity contribution in [2.45, 2.75) is 70.3 Å². The average Bonchev–Trinajstić information content (AvgIpc) is 3.68. The van der Waals surface area contributed by atoms with Crippen molar-refractivity contribution < 1.29 is 18.0 Å². The van der Waals surface area contributed by atoms with Crippen LogP contribution in [0, 0.1) is 29.1 Å². The van der Waals surface area contributed by atoms with Gasteiger partial charge in [0.25, 0.3) is 5.56 Å². The van der Waals surface area contributed by atoms with Crippen LogP contribution in [0.2, 0.25) is 0 Å². The minimum atomic E-state index is -4.51. The fraction of sp³-hybridized carbons (Fsp3) is 0.625. The third-order valence-corrected chi connectivity index (χ3v) is 11.4. The van der Waals surface area contributed by atoms with Crippen LogP contribution in [0.3, 0.4) is 0 Å². The van der Waals surface area contributed by atoms with Gasteiger partial charge in [0.05, 0.1) is 18.7 Å². The molecule has 4 saturated carbocycles. The maximum Gasteiger partial charge on any atom is 0.416 e. The Kier molecular flexibility index (Phi) is 6.25. The Morgan fingerprint density at radius 2 is 1.75 bits per heavy atom. The average molecular weight is 611 g/mol. The maximum absolute atomic E-state index is 14.3. The van der Waals surface area contributed by atoms with Gasteiger partial charge in [0, 0.05) is 38.1 Å². The number of benzene rings is 1. The first-order valence-corrected chi connectivity index (χ1v) is 15.9. The van der Waals surface area contributed by atoms with Crippen molar-refractivity contribution in [3.8, 4) is 0 Å². The number of anilines is 1. The van der Waals surface area contributed by atoms with Gasteiger partial charge in [0.1, 0.15) is 0 Å². The Hall–Kier alpha value is -3.41. The van der Waals surface area contributed by atoms with E-state index in [1.54, 1.807) is 17.7 Å². The lowest BCUT2D eigenvalue weighted by molar-refractivity contribution is -0.144. The largest absolute Gasteiger partial charge is 0.416 e. The SMILES string of the molecule is Cn1c(=O)n(CC(=O)C23CC4CC(CC(C4)C2)C3)c(=O)c2c1nc(N1CCC3CNCC31)n2Cc1cccc(C(F)(F)F)c1. The number of imidazole rings is 1. The standard InChI is InChI=1S/C32H37F3N6O3/c1-38-27-26(28(43)41(30(38)44)17-25(42)31-11-19-7-20(12-31)9-21(8-19)13-31)40(16-18-3-2-4-23(10-18)32(33,34)35)29(37-27)39-6-5-22-14-36-15-24(22)39/h2-4,10,19-22,24,36H,5-9,11-17H2,1H3.